The Hall–Kier alpha value is -3.32. The van der Waals surface area contributed by atoms with Gasteiger partial charge in [0.05, 0.1) is 24.8 Å². The third-order valence-corrected chi connectivity index (χ3v) is 4.11. The van der Waals surface area contributed by atoms with E-state index in [2.05, 4.69) is 20.6 Å². The van der Waals surface area contributed by atoms with Gasteiger partial charge < -0.3 is 20.1 Å². The molecule has 1 aromatic heterocycles. The van der Waals surface area contributed by atoms with Crippen molar-refractivity contribution in [3.8, 4) is 5.75 Å². The third kappa shape index (κ3) is 4.69. The lowest BCUT2D eigenvalue weighted by Crippen LogP contribution is -2.04. The van der Waals surface area contributed by atoms with Gasteiger partial charge in [0, 0.05) is 23.1 Å². The largest absolute Gasteiger partial charge is 0.495 e. The fourth-order valence-corrected chi connectivity index (χ4v) is 2.81. The van der Waals surface area contributed by atoms with Crippen LogP contribution < -0.4 is 15.4 Å². The van der Waals surface area contributed by atoms with Gasteiger partial charge in [-0.2, -0.15) is 4.98 Å². The van der Waals surface area contributed by atoms with Crippen molar-refractivity contribution >= 4 is 40.7 Å². The molecule has 0 aliphatic carbocycles. The van der Waals surface area contributed by atoms with Crippen molar-refractivity contribution in [2.45, 2.75) is 6.92 Å². The molecule has 7 nitrogen and oxygen atoms in total. The Morgan fingerprint density at radius 2 is 1.79 bits per heavy atom. The molecule has 3 rings (SSSR count). The molecule has 0 fully saturated rings. The molecule has 0 saturated heterocycles. The van der Waals surface area contributed by atoms with E-state index < -0.39 is 5.97 Å². The second-order valence-corrected chi connectivity index (χ2v) is 6.30. The van der Waals surface area contributed by atoms with Crippen molar-refractivity contribution in [3.05, 3.63) is 64.8 Å². The van der Waals surface area contributed by atoms with Gasteiger partial charge in [-0.15, -0.1) is 0 Å². The molecule has 2 aromatic carbocycles. The van der Waals surface area contributed by atoms with Crippen LogP contribution in [0.5, 0.6) is 5.75 Å². The highest BCUT2D eigenvalue weighted by Crippen LogP contribution is 2.28. The zero-order chi connectivity index (χ0) is 20.1. The van der Waals surface area contributed by atoms with E-state index in [1.807, 2.05) is 19.1 Å². The van der Waals surface area contributed by atoms with E-state index in [0.717, 1.165) is 11.4 Å². The molecule has 8 heteroatoms. The fourth-order valence-electron chi connectivity index (χ4n) is 2.55. The normalized spacial score (nSPS) is 10.3. The van der Waals surface area contributed by atoms with E-state index in [1.54, 1.807) is 43.5 Å². The van der Waals surface area contributed by atoms with Crippen molar-refractivity contribution in [2.24, 2.45) is 0 Å². The Bertz CT molecular complexity index is 1010. The van der Waals surface area contributed by atoms with Gasteiger partial charge in [-0.3, -0.25) is 0 Å². The topological polar surface area (TPSA) is 85.4 Å². The van der Waals surface area contributed by atoms with Gasteiger partial charge >= 0.3 is 5.97 Å². The number of carbonyl (C=O) groups excluding carboxylic acids is 1. The van der Waals surface area contributed by atoms with E-state index >= 15 is 0 Å². The third-order valence-electron chi connectivity index (χ3n) is 3.82. The minimum Gasteiger partial charge on any atom is -0.495 e. The molecule has 0 atom stereocenters. The van der Waals surface area contributed by atoms with Crippen LogP contribution >= 0.6 is 11.6 Å². The Labute approximate surface area is 167 Å². The first-order valence-corrected chi connectivity index (χ1v) is 8.78. The van der Waals surface area contributed by atoms with Crippen LogP contribution in [0.3, 0.4) is 0 Å². The highest BCUT2D eigenvalue weighted by Gasteiger charge is 2.08. The summed E-state index contributed by atoms with van der Waals surface area (Å²) >= 11 is 6.16. The van der Waals surface area contributed by atoms with Gasteiger partial charge in [0.2, 0.25) is 5.95 Å². The standard InChI is InChI=1S/C20H19ClN4O3/c1-12-9-18(23-14-6-4-5-13(10-14)19(26)28-3)25-20(22-12)24-15-7-8-17(27-2)16(21)11-15/h4-11H,1-3H3,(H2,22,23,24,25). The predicted octanol–water partition coefficient (Wildman–Crippen LogP) is 4.72. The zero-order valence-electron chi connectivity index (χ0n) is 15.6. The molecule has 1 heterocycles. The summed E-state index contributed by atoms with van der Waals surface area (Å²) in [4.78, 5) is 20.6. The smallest absolute Gasteiger partial charge is 0.337 e. The molecular formula is C20H19ClN4O3. The number of nitrogens with one attached hydrogen (secondary N) is 2. The van der Waals surface area contributed by atoms with Crippen LogP contribution in [-0.2, 0) is 4.74 Å². The lowest BCUT2D eigenvalue weighted by molar-refractivity contribution is 0.0601. The van der Waals surface area contributed by atoms with Crippen LogP contribution in [0, 0.1) is 6.92 Å². The summed E-state index contributed by atoms with van der Waals surface area (Å²) in [7, 11) is 2.91. The number of esters is 1. The lowest BCUT2D eigenvalue weighted by atomic mass is 10.2. The average molecular weight is 399 g/mol. The van der Waals surface area contributed by atoms with Gasteiger partial charge in [-0.25, -0.2) is 9.78 Å². The molecular weight excluding hydrogens is 380 g/mol. The minimum absolute atomic E-state index is 0.402. The maximum Gasteiger partial charge on any atom is 0.337 e. The van der Waals surface area contributed by atoms with Gasteiger partial charge in [-0.1, -0.05) is 17.7 Å². The number of hydrogen-bond donors (Lipinski definition) is 2. The maximum absolute atomic E-state index is 11.7. The Morgan fingerprint density at radius 3 is 2.50 bits per heavy atom. The Balaban J connectivity index is 1.82. The van der Waals surface area contributed by atoms with Crippen molar-refractivity contribution < 1.29 is 14.3 Å². The molecule has 0 bridgehead atoms. The molecule has 0 spiro atoms. The van der Waals surface area contributed by atoms with Crippen LogP contribution in [0.1, 0.15) is 16.1 Å². The number of anilines is 4. The average Bonchev–Trinajstić information content (AvgIpc) is 2.67. The van der Waals surface area contributed by atoms with Crippen molar-refractivity contribution in [2.75, 3.05) is 24.9 Å². The summed E-state index contributed by atoms with van der Waals surface area (Å²) < 4.78 is 9.91. The quantitative estimate of drug-likeness (QED) is 0.581. The maximum atomic E-state index is 11.7. The lowest BCUT2D eigenvalue weighted by Gasteiger charge is -2.11. The molecule has 0 unspecified atom stereocenters. The van der Waals surface area contributed by atoms with Crippen molar-refractivity contribution in [3.63, 3.8) is 0 Å². The molecule has 0 aliphatic heterocycles. The molecule has 2 N–H and O–H groups in total. The molecule has 0 amide bonds. The summed E-state index contributed by atoms with van der Waals surface area (Å²) in [5.74, 6) is 1.18. The van der Waals surface area contributed by atoms with Gasteiger partial charge in [-0.05, 0) is 43.3 Å². The van der Waals surface area contributed by atoms with Gasteiger partial charge in [0.25, 0.3) is 0 Å². The van der Waals surface area contributed by atoms with Crippen LogP contribution in [0.15, 0.2) is 48.5 Å². The highest BCUT2D eigenvalue weighted by atomic mass is 35.5. The van der Waals surface area contributed by atoms with Gasteiger partial charge in [0.15, 0.2) is 0 Å². The number of rotatable bonds is 6. The Kier molecular flexibility index (Phi) is 5.96. The van der Waals surface area contributed by atoms with Crippen molar-refractivity contribution in [1.82, 2.24) is 9.97 Å². The summed E-state index contributed by atoms with van der Waals surface area (Å²) in [6.45, 7) is 1.86. The first kappa shape index (κ1) is 19.4. The number of carbonyl (C=O) groups is 1. The number of methoxy groups -OCH3 is 2. The molecule has 144 valence electrons. The number of ether oxygens (including phenoxy) is 2. The molecule has 3 aromatic rings. The highest BCUT2D eigenvalue weighted by molar-refractivity contribution is 6.32. The van der Waals surface area contributed by atoms with Crippen LogP contribution in [0.4, 0.5) is 23.1 Å². The zero-order valence-corrected chi connectivity index (χ0v) is 16.4. The summed E-state index contributed by atoms with van der Waals surface area (Å²) in [5, 5.41) is 6.78. The second kappa shape index (κ2) is 8.58. The first-order valence-electron chi connectivity index (χ1n) is 8.40. The molecule has 0 saturated carbocycles. The summed E-state index contributed by atoms with van der Waals surface area (Å²) in [5.41, 5.74) is 2.66. The van der Waals surface area contributed by atoms with Gasteiger partial charge in [0.1, 0.15) is 11.6 Å². The number of hydrogen-bond acceptors (Lipinski definition) is 7. The number of aromatic nitrogens is 2. The van der Waals surface area contributed by atoms with E-state index in [4.69, 9.17) is 21.1 Å². The molecule has 28 heavy (non-hydrogen) atoms. The van der Waals surface area contributed by atoms with E-state index in [1.165, 1.54) is 7.11 Å². The summed E-state index contributed by atoms with van der Waals surface area (Å²) in [6.07, 6.45) is 0. The monoisotopic (exact) mass is 398 g/mol. The fraction of sp³-hybridized carbons (Fsp3) is 0.150. The summed E-state index contributed by atoms with van der Waals surface area (Å²) in [6, 6.07) is 14.1. The predicted molar refractivity (Wildman–Crippen MR) is 109 cm³/mol. The van der Waals surface area contributed by atoms with Crippen LogP contribution in [-0.4, -0.2) is 30.2 Å². The van der Waals surface area contributed by atoms with E-state index in [9.17, 15) is 4.79 Å². The Morgan fingerprint density at radius 1 is 1.00 bits per heavy atom. The molecule has 0 radical (unpaired) electrons. The number of halogens is 1. The van der Waals surface area contributed by atoms with E-state index in [0.29, 0.717) is 33.8 Å². The second-order valence-electron chi connectivity index (χ2n) is 5.89. The number of aryl methyl sites for hydroxylation is 1. The van der Waals surface area contributed by atoms with Crippen LogP contribution in [0.2, 0.25) is 5.02 Å². The number of nitrogens with zero attached hydrogens (tertiary/aromatic N) is 2. The minimum atomic E-state index is -0.402. The first-order chi connectivity index (χ1) is 13.5. The van der Waals surface area contributed by atoms with Crippen LogP contribution in [0.25, 0.3) is 0 Å². The number of benzene rings is 2. The SMILES string of the molecule is COC(=O)c1cccc(Nc2cc(C)nc(Nc3ccc(OC)c(Cl)c3)n2)c1. The van der Waals surface area contributed by atoms with E-state index in [-0.39, 0.29) is 0 Å². The molecule has 0 aliphatic rings. The van der Waals surface area contributed by atoms with Crippen molar-refractivity contribution in [1.29, 1.82) is 0 Å².